The van der Waals surface area contributed by atoms with E-state index in [1.807, 2.05) is 35.9 Å². The number of fused-ring (bicyclic) bond motifs is 1. The highest BCUT2D eigenvalue weighted by atomic mass is 32.2. The van der Waals surface area contributed by atoms with E-state index in [1.54, 1.807) is 0 Å². The fraction of sp³-hybridized carbons (Fsp3) is 0.333. The number of aryl methyl sites for hydroxylation is 1. The first-order chi connectivity index (χ1) is 15.8. The van der Waals surface area contributed by atoms with Gasteiger partial charge in [-0.15, -0.1) is 0 Å². The first-order valence-corrected chi connectivity index (χ1v) is 12.6. The summed E-state index contributed by atoms with van der Waals surface area (Å²) in [6, 6.07) is 11.9. The normalized spacial score (nSPS) is 16.2. The molecule has 5 rings (SSSR count). The third-order valence-corrected chi connectivity index (χ3v) is 8.24. The van der Waals surface area contributed by atoms with E-state index in [9.17, 15) is 18.3 Å². The van der Waals surface area contributed by atoms with Crippen LogP contribution in [0, 0.1) is 6.92 Å². The maximum Gasteiger partial charge on any atom is 0.276 e. The monoisotopic (exact) mass is 466 g/mol. The molecule has 1 aliphatic heterocycles. The van der Waals surface area contributed by atoms with E-state index < -0.39 is 15.9 Å². The maximum absolute atomic E-state index is 13.2. The molecular formula is C24H26N4O4S. The number of hydrogen-bond donors (Lipinski definition) is 2. The van der Waals surface area contributed by atoms with Gasteiger partial charge in [0.05, 0.1) is 16.3 Å². The summed E-state index contributed by atoms with van der Waals surface area (Å²) in [6.45, 7) is 2.97. The number of carbonyl (C=O) groups is 1. The van der Waals surface area contributed by atoms with Gasteiger partial charge in [0.25, 0.3) is 5.91 Å². The fourth-order valence-corrected chi connectivity index (χ4v) is 6.10. The first-order valence-electron chi connectivity index (χ1n) is 11.2. The van der Waals surface area contributed by atoms with Crippen molar-refractivity contribution >= 4 is 21.6 Å². The van der Waals surface area contributed by atoms with E-state index in [4.69, 9.17) is 0 Å². The maximum atomic E-state index is 13.2. The Labute approximate surface area is 192 Å². The quantitative estimate of drug-likeness (QED) is 0.561. The van der Waals surface area contributed by atoms with Crippen molar-refractivity contribution in [1.29, 1.82) is 0 Å². The molecule has 8 nitrogen and oxygen atoms in total. The highest BCUT2D eigenvalue weighted by molar-refractivity contribution is 7.89. The highest BCUT2D eigenvalue weighted by Crippen LogP contribution is 2.32. The van der Waals surface area contributed by atoms with Gasteiger partial charge in [-0.1, -0.05) is 17.7 Å². The molecule has 1 aromatic heterocycles. The molecule has 1 amide bonds. The number of rotatable bonds is 5. The Morgan fingerprint density at radius 3 is 2.48 bits per heavy atom. The fourth-order valence-electron chi connectivity index (χ4n) is 4.55. The molecule has 9 heteroatoms. The molecule has 2 aromatic carbocycles. The Bertz CT molecular complexity index is 1320. The molecule has 2 aliphatic rings. The van der Waals surface area contributed by atoms with Crippen molar-refractivity contribution in [1.82, 2.24) is 14.1 Å². The van der Waals surface area contributed by atoms with Crippen LogP contribution in [-0.2, 0) is 22.9 Å². The molecule has 0 saturated carbocycles. The van der Waals surface area contributed by atoms with Crippen LogP contribution in [0.2, 0.25) is 0 Å². The number of sulfonamides is 1. The van der Waals surface area contributed by atoms with Crippen LogP contribution in [0.5, 0.6) is 5.75 Å². The molecule has 0 unspecified atom stereocenters. The second kappa shape index (κ2) is 8.31. The Kier molecular flexibility index (Phi) is 5.46. The summed E-state index contributed by atoms with van der Waals surface area (Å²) in [5.41, 5.74) is 4.29. The van der Waals surface area contributed by atoms with Gasteiger partial charge < -0.3 is 10.4 Å². The smallest absolute Gasteiger partial charge is 0.276 e. The number of aromatic nitrogens is 2. The van der Waals surface area contributed by atoms with Crippen LogP contribution < -0.4 is 5.32 Å². The molecule has 2 heterocycles. The molecule has 1 fully saturated rings. The van der Waals surface area contributed by atoms with Crippen molar-refractivity contribution in [3.05, 3.63) is 65.0 Å². The summed E-state index contributed by atoms with van der Waals surface area (Å²) in [7, 11) is -3.67. The number of phenols is 1. The number of nitrogens with zero attached hydrogens (tertiary/aromatic N) is 3. The molecule has 1 saturated heterocycles. The Balaban J connectivity index is 1.46. The van der Waals surface area contributed by atoms with Crippen LogP contribution in [0.1, 0.15) is 46.6 Å². The van der Waals surface area contributed by atoms with Gasteiger partial charge in [0, 0.05) is 24.3 Å². The van der Waals surface area contributed by atoms with Gasteiger partial charge >= 0.3 is 0 Å². The van der Waals surface area contributed by atoms with E-state index >= 15 is 0 Å². The Morgan fingerprint density at radius 1 is 1.03 bits per heavy atom. The minimum Gasteiger partial charge on any atom is -0.506 e. The van der Waals surface area contributed by atoms with Gasteiger partial charge in [-0.05, 0) is 69.4 Å². The zero-order valence-corrected chi connectivity index (χ0v) is 19.2. The lowest BCUT2D eigenvalue weighted by Crippen LogP contribution is -2.28. The molecule has 172 valence electrons. The number of carbonyl (C=O) groups excluding carboxylic acids is 1. The van der Waals surface area contributed by atoms with E-state index in [2.05, 4.69) is 10.4 Å². The summed E-state index contributed by atoms with van der Waals surface area (Å²) in [5.74, 6) is -0.664. The third kappa shape index (κ3) is 3.91. The summed E-state index contributed by atoms with van der Waals surface area (Å²) in [6.07, 6.45) is 4.18. The van der Waals surface area contributed by atoms with Crippen molar-refractivity contribution < 1.29 is 18.3 Å². The minimum atomic E-state index is -3.67. The van der Waals surface area contributed by atoms with Crippen LogP contribution in [-0.4, -0.2) is 46.6 Å². The molecule has 0 atom stereocenters. The molecule has 1 aliphatic carbocycles. The lowest BCUT2D eigenvalue weighted by Gasteiger charge is -2.16. The van der Waals surface area contributed by atoms with Crippen LogP contribution in [0.15, 0.2) is 47.4 Å². The number of phenolic OH excluding ortho intramolecular Hbond substituents is 1. The largest absolute Gasteiger partial charge is 0.506 e. The standard InChI is InChI=1S/C24H26N4O4S/c1-16-7-9-17(10-8-16)28-21-6-4-5-19(21)23(26-28)24(30)25-20-15-18(11-12-22(20)29)33(31,32)27-13-2-3-14-27/h7-12,15,29H,2-6,13-14H2,1H3,(H,25,30). The summed E-state index contributed by atoms with van der Waals surface area (Å²) < 4.78 is 29.1. The average Bonchev–Trinajstić information content (AvgIpc) is 3.54. The zero-order valence-electron chi connectivity index (χ0n) is 18.4. The van der Waals surface area contributed by atoms with Gasteiger partial charge in [-0.2, -0.15) is 9.40 Å². The number of anilines is 1. The number of nitrogens with one attached hydrogen (secondary N) is 1. The second-order valence-electron chi connectivity index (χ2n) is 8.62. The minimum absolute atomic E-state index is 0.0490. The molecular weight excluding hydrogens is 440 g/mol. The number of aromatic hydroxyl groups is 1. The van der Waals surface area contributed by atoms with Gasteiger partial charge in [0.2, 0.25) is 10.0 Å². The molecule has 3 aromatic rings. The van der Waals surface area contributed by atoms with Crippen LogP contribution >= 0.6 is 0 Å². The van der Waals surface area contributed by atoms with Crippen molar-refractivity contribution in [2.24, 2.45) is 0 Å². The summed E-state index contributed by atoms with van der Waals surface area (Å²) in [5, 5.41) is 17.6. The highest BCUT2D eigenvalue weighted by Gasteiger charge is 2.30. The van der Waals surface area contributed by atoms with Gasteiger partial charge in [-0.25, -0.2) is 13.1 Å². The lowest BCUT2D eigenvalue weighted by atomic mass is 10.2. The van der Waals surface area contributed by atoms with Crippen molar-refractivity contribution in [2.75, 3.05) is 18.4 Å². The zero-order chi connectivity index (χ0) is 23.2. The van der Waals surface area contributed by atoms with E-state index in [-0.39, 0.29) is 16.3 Å². The van der Waals surface area contributed by atoms with Gasteiger partial charge in [0.15, 0.2) is 5.69 Å². The first kappa shape index (κ1) is 21.7. The average molecular weight is 467 g/mol. The van der Waals surface area contributed by atoms with Gasteiger partial charge in [-0.3, -0.25) is 4.79 Å². The van der Waals surface area contributed by atoms with Crippen LogP contribution in [0.3, 0.4) is 0 Å². The molecule has 0 spiro atoms. The molecule has 0 bridgehead atoms. The van der Waals surface area contributed by atoms with Crippen molar-refractivity contribution in [2.45, 2.75) is 43.9 Å². The van der Waals surface area contributed by atoms with E-state index in [0.717, 1.165) is 54.6 Å². The Morgan fingerprint density at radius 2 is 1.76 bits per heavy atom. The van der Waals surface area contributed by atoms with Gasteiger partial charge in [0.1, 0.15) is 5.75 Å². The summed E-state index contributed by atoms with van der Waals surface area (Å²) >= 11 is 0. The Hall–Kier alpha value is -3.17. The third-order valence-electron chi connectivity index (χ3n) is 6.34. The van der Waals surface area contributed by atoms with E-state index in [0.29, 0.717) is 18.8 Å². The summed E-state index contributed by atoms with van der Waals surface area (Å²) in [4.78, 5) is 13.2. The molecule has 33 heavy (non-hydrogen) atoms. The van der Waals surface area contributed by atoms with Crippen molar-refractivity contribution in [3.63, 3.8) is 0 Å². The molecule has 0 radical (unpaired) electrons. The predicted octanol–water partition coefficient (Wildman–Crippen LogP) is 3.41. The topological polar surface area (TPSA) is 105 Å². The van der Waals surface area contributed by atoms with E-state index in [1.165, 1.54) is 22.5 Å². The van der Waals surface area contributed by atoms with Crippen LogP contribution in [0.25, 0.3) is 5.69 Å². The predicted molar refractivity (Wildman–Crippen MR) is 124 cm³/mol. The SMILES string of the molecule is Cc1ccc(-n2nc(C(=O)Nc3cc(S(=O)(=O)N4CCCC4)ccc3O)c3c2CCC3)cc1. The lowest BCUT2D eigenvalue weighted by molar-refractivity contribution is 0.102. The van der Waals surface area contributed by atoms with Crippen molar-refractivity contribution in [3.8, 4) is 11.4 Å². The second-order valence-corrected chi connectivity index (χ2v) is 10.6. The number of hydrogen-bond acceptors (Lipinski definition) is 5. The molecule has 2 N–H and O–H groups in total. The van der Waals surface area contributed by atoms with Crippen LogP contribution in [0.4, 0.5) is 5.69 Å². The number of benzene rings is 2. The number of amides is 1.